The van der Waals surface area contributed by atoms with Gasteiger partial charge in [-0.3, -0.25) is 0 Å². The summed E-state index contributed by atoms with van der Waals surface area (Å²) in [5.41, 5.74) is 11.2. The normalized spacial score (nSPS) is 11.9. The average molecular weight is 115 g/mol. The molecule has 0 unspecified atom stereocenters. The Morgan fingerprint density at radius 1 is 1.75 bits per heavy atom. The van der Waals surface area contributed by atoms with Gasteiger partial charge >= 0.3 is 0 Å². The summed E-state index contributed by atoms with van der Waals surface area (Å²) in [6, 6.07) is 0. The fourth-order valence-electron chi connectivity index (χ4n) is 0.353. The summed E-state index contributed by atoms with van der Waals surface area (Å²) in [6.45, 7) is 0.888. The summed E-state index contributed by atoms with van der Waals surface area (Å²) in [6.07, 6.45) is 2.25. The molecule has 8 heavy (non-hydrogen) atoms. The maximum absolute atomic E-state index is 5.36. The minimum absolute atomic E-state index is 0.736. The second kappa shape index (κ2) is 4.46. The molecule has 0 atom stereocenters. The van der Waals surface area contributed by atoms with Gasteiger partial charge in [0.2, 0.25) is 0 Å². The van der Waals surface area contributed by atoms with Gasteiger partial charge in [0.1, 0.15) is 0 Å². The lowest BCUT2D eigenvalue weighted by molar-refractivity contribution is 0.778. The molecular formula is C5H13N3. The molecule has 0 fully saturated rings. The Morgan fingerprint density at radius 3 is 2.75 bits per heavy atom. The van der Waals surface area contributed by atoms with Crippen LogP contribution in [0.3, 0.4) is 0 Å². The number of rotatable bonds is 3. The third-order valence-corrected chi connectivity index (χ3v) is 0.878. The Hall–Kier alpha value is -0.700. The van der Waals surface area contributed by atoms with E-state index in [2.05, 4.69) is 5.32 Å². The Bertz CT molecular complexity index is 77.7. The summed E-state index contributed by atoms with van der Waals surface area (Å²) in [4.78, 5) is 0. The van der Waals surface area contributed by atoms with Crippen LogP contribution in [0, 0.1) is 0 Å². The van der Waals surface area contributed by atoms with Gasteiger partial charge in [-0.1, -0.05) is 0 Å². The standard InChI is InChI=1S/C5H13N3/c1-8-3-2-5(7)4-6/h4,8H,2-3,6-7H2,1H3/b5-4-. The molecule has 0 aliphatic heterocycles. The van der Waals surface area contributed by atoms with Crippen LogP contribution >= 0.6 is 0 Å². The number of hydrogen-bond donors (Lipinski definition) is 3. The quantitative estimate of drug-likeness (QED) is 0.458. The van der Waals surface area contributed by atoms with Crippen molar-refractivity contribution in [1.82, 2.24) is 5.32 Å². The summed E-state index contributed by atoms with van der Waals surface area (Å²) >= 11 is 0. The number of nitrogens with two attached hydrogens (primary N) is 2. The molecule has 0 saturated carbocycles. The largest absolute Gasteiger partial charge is 0.403 e. The van der Waals surface area contributed by atoms with E-state index in [4.69, 9.17) is 11.5 Å². The predicted octanol–water partition coefficient (Wildman–Crippen LogP) is -0.645. The van der Waals surface area contributed by atoms with Gasteiger partial charge in [-0.05, 0) is 7.05 Å². The zero-order valence-corrected chi connectivity index (χ0v) is 5.15. The lowest BCUT2D eigenvalue weighted by Gasteiger charge is -1.96. The smallest absolute Gasteiger partial charge is 0.0251 e. The molecule has 0 aromatic rings. The molecule has 0 spiro atoms. The summed E-state index contributed by atoms with van der Waals surface area (Å²) in [5, 5.41) is 2.96. The monoisotopic (exact) mass is 115 g/mol. The van der Waals surface area contributed by atoms with Crippen molar-refractivity contribution in [3.05, 3.63) is 11.9 Å². The molecule has 0 amide bonds. The van der Waals surface area contributed by atoms with E-state index in [1.165, 1.54) is 6.20 Å². The minimum Gasteiger partial charge on any atom is -0.403 e. The summed E-state index contributed by atoms with van der Waals surface area (Å²) in [5.74, 6) is 0. The van der Waals surface area contributed by atoms with Crippen molar-refractivity contribution < 1.29 is 0 Å². The first kappa shape index (κ1) is 7.30. The molecule has 5 N–H and O–H groups in total. The van der Waals surface area contributed by atoms with Gasteiger partial charge in [0, 0.05) is 24.9 Å². The Labute approximate surface area is 49.7 Å². The molecule has 0 bridgehead atoms. The molecule has 48 valence electrons. The van der Waals surface area contributed by atoms with E-state index in [0.29, 0.717) is 0 Å². The minimum atomic E-state index is 0.736. The molecule has 0 saturated heterocycles. The summed E-state index contributed by atoms with van der Waals surface area (Å²) in [7, 11) is 1.88. The molecule has 0 heterocycles. The maximum atomic E-state index is 5.36. The van der Waals surface area contributed by atoms with E-state index < -0.39 is 0 Å². The second-order valence-electron chi connectivity index (χ2n) is 1.60. The molecule has 3 heteroatoms. The van der Waals surface area contributed by atoms with Crippen molar-refractivity contribution in [1.29, 1.82) is 0 Å². The van der Waals surface area contributed by atoms with Crippen molar-refractivity contribution in [3.63, 3.8) is 0 Å². The molecular weight excluding hydrogens is 102 g/mol. The highest BCUT2D eigenvalue weighted by Gasteiger charge is 1.84. The van der Waals surface area contributed by atoms with Crippen LogP contribution in [-0.2, 0) is 0 Å². The number of nitrogens with one attached hydrogen (secondary N) is 1. The molecule has 0 rings (SSSR count). The van der Waals surface area contributed by atoms with Gasteiger partial charge in [0.25, 0.3) is 0 Å². The van der Waals surface area contributed by atoms with Gasteiger partial charge in [0.05, 0.1) is 0 Å². The lowest BCUT2D eigenvalue weighted by atomic mass is 10.3. The second-order valence-corrected chi connectivity index (χ2v) is 1.60. The zero-order valence-electron chi connectivity index (χ0n) is 5.15. The maximum Gasteiger partial charge on any atom is 0.0251 e. The van der Waals surface area contributed by atoms with E-state index in [0.717, 1.165) is 18.7 Å². The van der Waals surface area contributed by atoms with Crippen LogP contribution in [0.25, 0.3) is 0 Å². The van der Waals surface area contributed by atoms with Crippen molar-refractivity contribution >= 4 is 0 Å². The first-order valence-electron chi connectivity index (χ1n) is 2.62. The van der Waals surface area contributed by atoms with Gasteiger partial charge < -0.3 is 16.8 Å². The molecule has 0 aliphatic rings. The summed E-state index contributed by atoms with van der Waals surface area (Å²) < 4.78 is 0. The van der Waals surface area contributed by atoms with Crippen LogP contribution in [0.4, 0.5) is 0 Å². The molecule has 0 aromatic carbocycles. The van der Waals surface area contributed by atoms with Crippen LogP contribution < -0.4 is 16.8 Å². The lowest BCUT2D eigenvalue weighted by Crippen LogP contribution is -2.12. The van der Waals surface area contributed by atoms with Gasteiger partial charge in [-0.25, -0.2) is 0 Å². The zero-order chi connectivity index (χ0) is 6.41. The first-order valence-corrected chi connectivity index (χ1v) is 2.62. The highest BCUT2D eigenvalue weighted by Crippen LogP contribution is 1.84. The van der Waals surface area contributed by atoms with E-state index in [1.54, 1.807) is 0 Å². The average Bonchev–Trinajstić information content (AvgIpc) is 1.83. The molecule has 0 aliphatic carbocycles. The fourth-order valence-corrected chi connectivity index (χ4v) is 0.353. The van der Waals surface area contributed by atoms with Crippen LogP contribution in [0.15, 0.2) is 11.9 Å². The Kier molecular flexibility index (Phi) is 4.07. The molecule has 0 aromatic heterocycles. The van der Waals surface area contributed by atoms with Crippen LogP contribution in [0.5, 0.6) is 0 Å². The first-order chi connectivity index (χ1) is 3.81. The SMILES string of the molecule is CNCC/C(N)=C/N. The Balaban J connectivity index is 3.12. The van der Waals surface area contributed by atoms with E-state index >= 15 is 0 Å². The topological polar surface area (TPSA) is 64.1 Å². The van der Waals surface area contributed by atoms with Crippen molar-refractivity contribution in [2.24, 2.45) is 11.5 Å². The fraction of sp³-hybridized carbons (Fsp3) is 0.600. The number of hydrogen-bond acceptors (Lipinski definition) is 3. The van der Waals surface area contributed by atoms with Crippen LogP contribution in [0.2, 0.25) is 0 Å². The predicted molar refractivity (Wildman–Crippen MR) is 35.0 cm³/mol. The third kappa shape index (κ3) is 3.49. The van der Waals surface area contributed by atoms with Gasteiger partial charge in [0.15, 0.2) is 0 Å². The third-order valence-electron chi connectivity index (χ3n) is 0.878. The van der Waals surface area contributed by atoms with Crippen LogP contribution in [0.1, 0.15) is 6.42 Å². The molecule has 0 radical (unpaired) electrons. The Morgan fingerprint density at radius 2 is 2.38 bits per heavy atom. The van der Waals surface area contributed by atoms with Crippen molar-refractivity contribution in [3.8, 4) is 0 Å². The highest BCUT2D eigenvalue weighted by atomic mass is 14.8. The van der Waals surface area contributed by atoms with E-state index in [1.807, 2.05) is 7.05 Å². The van der Waals surface area contributed by atoms with E-state index in [-0.39, 0.29) is 0 Å². The van der Waals surface area contributed by atoms with Gasteiger partial charge in [-0.2, -0.15) is 0 Å². The highest BCUT2D eigenvalue weighted by molar-refractivity contribution is 4.92. The van der Waals surface area contributed by atoms with Crippen molar-refractivity contribution in [2.75, 3.05) is 13.6 Å². The molecule has 3 nitrogen and oxygen atoms in total. The van der Waals surface area contributed by atoms with Crippen molar-refractivity contribution in [2.45, 2.75) is 6.42 Å². The van der Waals surface area contributed by atoms with Crippen LogP contribution in [-0.4, -0.2) is 13.6 Å². The van der Waals surface area contributed by atoms with Gasteiger partial charge in [-0.15, -0.1) is 0 Å². The van der Waals surface area contributed by atoms with E-state index in [9.17, 15) is 0 Å².